The maximum absolute atomic E-state index is 12.5. The van der Waals surface area contributed by atoms with Gasteiger partial charge in [-0.2, -0.15) is 8.78 Å². The summed E-state index contributed by atoms with van der Waals surface area (Å²) in [4.78, 5) is 6.68. The summed E-state index contributed by atoms with van der Waals surface area (Å²) in [6, 6.07) is 7.60. The van der Waals surface area contributed by atoms with E-state index in [4.69, 9.17) is 0 Å². The summed E-state index contributed by atoms with van der Waals surface area (Å²) in [6.07, 6.45) is 0. The molecule has 0 aliphatic carbocycles. The third-order valence-corrected chi connectivity index (χ3v) is 4.55. The molecule has 0 aromatic heterocycles. The lowest BCUT2D eigenvalue weighted by molar-refractivity contribution is -0.0504. The molecule has 1 aliphatic heterocycles. The van der Waals surface area contributed by atoms with Gasteiger partial charge in [-0.15, -0.1) is 24.0 Å². The fourth-order valence-electron chi connectivity index (χ4n) is 3.02. The summed E-state index contributed by atoms with van der Waals surface area (Å²) >= 11 is 0. The Labute approximate surface area is 171 Å². The van der Waals surface area contributed by atoms with Gasteiger partial charge in [-0.25, -0.2) is 0 Å². The fourth-order valence-corrected chi connectivity index (χ4v) is 3.02. The van der Waals surface area contributed by atoms with Crippen molar-refractivity contribution in [2.45, 2.75) is 46.0 Å². The van der Waals surface area contributed by atoms with Crippen LogP contribution in [0.5, 0.6) is 5.75 Å². The molecule has 1 aliphatic rings. The zero-order valence-corrected chi connectivity index (χ0v) is 18.0. The second-order valence-corrected chi connectivity index (χ2v) is 6.69. The molecule has 0 radical (unpaired) electrons. The van der Waals surface area contributed by atoms with Gasteiger partial charge >= 0.3 is 6.61 Å². The van der Waals surface area contributed by atoms with Crippen molar-refractivity contribution in [1.82, 2.24) is 15.5 Å². The number of nitrogens with one attached hydrogen (secondary N) is 2. The largest absolute Gasteiger partial charge is 0.434 e. The normalized spacial score (nSPS) is 21.0. The molecule has 1 aromatic rings. The Kier molecular flexibility index (Phi) is 9.56. The third kappa shape index (κ3) is 6.53. The highest BCUT2D eigenvalue weighted by Crippen LogP contribution is 2.20. The first kappa shape index (κ1) is 22.9. The lowest BCUT2D eigenvalue weighted by atomic mass is 10.1. The molecule has 148 valence electrons. The van der Waals surface area contributed by atoms with Crippen LogP contribution in [0.25, 0.3) is 0 Å². The van der Waals surface area contributed by atoms with Gasteiger partial charge in [-0.05, 0) is 25.8 Å². The summed E-state index contributed by atoms with van der Waals surface area (Å²) in [5.41, 5.74) is 0.661. The van der Waals surface area contributed by atoms with E-state index in [0.29, 0.717) is 36.1 Å². The molecule has 1 heterocycles. The van der Waals surface area contributed by atoms with Crippen molar-refractivity contribution < 1.29 is 13.5 Å². The zero-order chi connectivity index (χ0) is 18.4. The van der Waals surface area contributed by atoms with E-state index in [2.05, 4.69) is 46.0 Å². The van der Waals surface area contributed by atoms with E-state index in [1.807, 2.05) is 0 Å². The highest BCUT2D eigenvalue weighted by atomic mass is 127. The van der Waals surface area contributed by atoms with Gasteiger partial charge in [-0.3, -0.25) is 9.89 Å². The van der Waals surface area contributed by atoms with Gasteiger partial charge in [-0.1, -0.05) is 25.1 Å². The van der Waals surface area contributed by atoms with Crippen LogP contribution in [0.3, 0.4) is 0 Å². The number of benzene rings is 1. The van der Waals surface area contributed by atoms with Crippen molar-refractivity contribution in [2.75, 3.05) is 20.1 Å². The minimum atomic E-state index is -2.83. The summed E-state index contributed by atoms with van der Waals surface area (Å²) in [6.45, 7) is 6.16. The molecule has 0 amide bonds. The van der Waals surface area contributed by atoms with Crippen molar-refractivity contribution in [2.24, 2.45) is 10.9 Å². The van der Waals surface area contributed by atoms with E-state index >= 15 is 0 Å². The molecule has 26 heavy (non-hydrogen) atoms. The number of nitrogens with zero attached hydrogens (tertiary/aromatic N) is 2. The Hall–Kier alpha value is -1.16. The topological polar surface area (TPSA) is 48.9 Å². The molecule has 2 unspecified atom stereocenters. The second kappa shape index (κ2) is 10.9. The van der Waals surface area contributed by atoms with E-state index < -0.39 is 6.61 Å². The van der Waals surface area contributed by atoms with Crippen molar-refractivity contribution in [3.05, 3.63) is 29.8 Å². The molecule has 2 rings (SSSR count). The molecule has 1 fully saturated rings. The Balaban J connectivity index is 0.00000338. The number of aliphatic imine (C=N–C) groups is 1. The predicted molar refractivity (Wildman–Crippen MR) is 111 cm³/mol. The maximum atomic E-state index is 12.5. The van der Waals surface area contributed by atoms with Crippen molar-refractivity contribution >= 4 is 29.9 Å². The highest BCUT2D eigenvalue weighted by Gasteiger charge is 2.31. The second-order valence-electron chi connectivity index (χ2n) is 6.69. The average Bonchev–Trinajstić information content (AvgIpc) is 2.93. The van der Waals surface area contributed by atoms with Gasteiger partial charge in [0.2, 0.25) is 0 Å². The van der Waals surface area contributed by atoms with Crippen molar-refractivity contribution in [3.63, 3.8) is 0 Å². The molecule has 0 saturated carbocycles. The van der Waals surface area contributed by atoms with Gasteiger partial charge in [0.1, 0.15) is 5.75 Å². The molecule has 5 nitrogen and oxygen atoms in total. The third-order valence-electron chi connectivity index (χ3n) is 4.55. The summed E-state index contributed by atoms with van der Waals surface area (Å²) < 4.78 is 29.6. The lowest BCUT2D eigenvalue weighted by Crippen LogP contribution is -2.46. The lowest BCUT2D eigenvalue weighted by Gasteiger charge is -2.22. The van der Waals surface area contributed by atoms with Gasteiger partial charge in [0, 0.05) is 44.3 Å². The van der Waals surface area contributed by atoms with Crippen LogP contribution in [0.4, 0.5) is 8.78 Å². The smallest absolute Gasteiger partial charge is 0.387 e. The maximum Gasteiger partial charge on any atom is 0.387 e. The molecule has 8 heteroatoms. The highest BCUT2D eigenvalue weighted by molar-refractivity contribution is 14.0. The number of ether oxygens (including phenoxy) is 1. The minimum absolute atomic E-state index is 0. The molecular weight excluding hydrogens is 453 g/mol. The first-order valence-electron chi connectivity index (χ1n) is 8.64. The van der Waals surface area contributed by atoms with E-state index in [1.54, 1.807) is 31.3 Å². The number of halogens is 3. The van der Waals surface area contributed by atoms with E-state index in [0.717, 1.165) is 13.1 Å². The number of alkyl halides is 2. The summed E-state index contributed by atoms with van der Waals surface area (Å²) in [5, 5.41) is 6.63. The van der Waals surface area contributed by atoms with Crippen molar-refractivity contribution in [1.29, 1.82) is 0 Å². The predicted octanol–water partition coefficient (Wildman–Crippen LogP) is 3.30. The molecule has 0 spiro atoms. The summed E-state index contributed by atoms with van der Waals surface area (Å²) in [5.74, 6) is 1.35. The number of hydrogen-bond acceptors (Lipinski definition) is 3. The zero-order valence-electron chi connectivity index (χ0n) is 15.7. The SMILES string of the molecule is CN=C(NCc1ccccc1OC(F)F)NC1CN(C(C)C)CC1C.I. The Morgan fingerprint density at radius 2 is 2.00 bits per heavy atom. The quantitative estimate of drug-likeness (QED) is 0.371. The average molecular weight is 482 g/mol. The minimum Gasteiger partial charge on any atom is -0.434 e. The van der Waals surface area contributed by atoms with Crippen LogP contribution >= 0.6 is 24.0 Å². The van der Waals surface area contributed by atoms with Gasteiger partial charge in [0.25, 0.3) is 0 Å². The Bertz CT molecular complexity index is 586. The number of rotatable bonds is 6. The van der Waals surface area contributed by atoms with Crippen LogP contribution < -0.4 is 15.4 Å². The fraction of sp³-hybridized carbons (Fsp3) is 0.611. The molecule has 1 aromatic carbocycles. The molecule has 1 saturated heterocycles. The van der Waals surface area contributed by atoms with Crippen LogP contribution in [-0.2, 0) is 6.54 Å². The number of hydrogen-bond donors (Lipinski definition) is 2. The number of guanidine groups is 1. The molecule has 2 N–H and O–H groups in total. The van der Waals surface area contributed by atoms with Gasteiger partial charge in [0.15, 0.2) is 5.96 Å². The van der Waals surface area contributed by atoms with Crippen LogP contribution in [0, 0.1) is 5.92 Å². The Morgan fingerprint density at radius 1 is 1.31 bits per heavy atom. The molecule has 2 atom stereocenters. The van der Waals surface area contributed by atoms with Gasteiger partial charge in [0.05, 0.1) is 0 Å². The molecule has 0 bridgehead atoms. The first-order chi connectivity index (χ1) is 11.9. The van der Waals surface area contributed by atoms with E-state index in [9.17, 15) is 8.78 Å². The standard InChI is InChI=1S/C18H28F2N4O.HI/c1-12(2)24-10-13(3)15(11-24)23-18(21-4)22-9-14-7-5-6-8-16(14)25-17(19)20;/h5-8,12-13,15,17H,9-11H2,1-4H3,(H2,21,22,23);1H. The van der Waals surface area contributed by atoms with Crippen LogP contribution in [0.1, 0.15) is 26.3 Å². The number of likely N-dealkylation sites (tertiary alicyclic amines) is 1. The van der Waals surface area contributed by atoms with Crippen LogP contribution in [0.2, 0.25) is 0 Å². The molecular formula is C18H29F2IN4O. The van der Waals surface area contributed by atoms with E-state index in [-0.39, 0.29) is 29.7 Å². The Morgan fingerprint density at radius 3 is 2.58 bits per heavy atom. The number of para-hydroxylation sites is 1. The van der Waals surface area contributed by atoms with Gasteiger partial charge < -0.3 is 15.4 Å². The first-order valence-corrected chi connectivity index (χ1v) is 8.64. The van der Waals surface area contributed by atoms with E-state index in [1.165, 1.54) is 0 Å². The van der Waals surface area contributed by atoms with Crippen LogP contribution in [0.15, 0.2) is 29.3 Å². The monoisotopic (exact) mass is 482 g/mol. The van der Waals surface area contributed by atoms with Crippen molar-refractivity contribution in [3.8, 4) is 5.75 Å². The summed E-state index contributed by atoms with van der Waals surface area (Å²) in [7, 11) is 1.71. The van der Waals surface area contributed by atoms with Crippen LogP contribution in [-0.4, -0.2) is 49.7 Å².